The number of hydrogen-bond acceptors (Lipinski definition) is 3. The molecule has 0 saturated carbocycles. The summed E-state index contributed by atoms with van der Waals surface area (Å²) in [7, 11) is 0. The van der Waals surface area contributed by atoms with E-state index >= 15 is 0 Å². The van der Waals surface area contributed by atoms with E-state index in [0.29, 0.717) is 11.5 Å². The Morgan fingerprint density at radius 3 is 2.91 bits per heavy atom. The van der Waals surface area contributed by atoms with Gasteiger partial charge in [0.15, 0.2) is 0 Å². The largest absolute Gasteiger partial charge is 0.462 e. The molecule has 3 N–H and O–H groups in total. The number of nitrogens with two attached hydrogens (primary N) is 1. The molecule has 0 radical (unpaired) electrons. The first-order chi connectivity index (χ1) is 5.27. The van der Waals surface area contributed by atoms with Gasteiger partial charge in [-0.2, -0.15) is 0 Å². The monoisotopic (exact) mass is 153 g/mol. The van der Waals surface area contributed by atoms with E-state index in [4.69, 9.17) is 15.3 Å². The van der Waals surface area contributed by atoms with Gasteiger partial charge < -0.3 is 15.3 Å². The van der Waals surface area contributed by atoms with Crippen molar-refractivity contribution >= 4 is 0 Å². The maximum Gasteiger partial charge on any atom is 0.129 e. The second-order valence-electron chi connectivity index (χ2n) is 2.22. The van der Waals surface area contributed by atoms with Gasteiger partial charge in [0.2, 0.25) is 0 Å². The third-order valence-electron chi connectivity index (χ3n) is 1.42. The van der Waals surface area contributed by atoms with E-state index in [1.165, 1.54) is 0 Å². The first kappa shape index (κ1) is 8.04. The molecular formula is C8H11NO2. The Labute approximate surface area is 65.1 Å². The molecule has 60 valence electrons. The van der Waals surface area contributed by atoms with Crippen LogP contribution in [-0.4, -0.2) is 5.11 Å². The molecule has 3 heteroatoms. The molecule has 0 aliphatic rings. The summed E-state index contributed by atoms with van der Waals surface area (Å²) < 4.78 is 5.14. The van der Waals surface area contributed by atoms with Crippen molar-refractivity contribution in [1.29, 1.82) is 0 Å². The van der Waals surface area contributed by atoms with Gasteiger partial charge in [-0.1, -0.05) is 6.08 Å². The Balaban J connectivity index is 2.79. The maximum atomic E-state index is 8.65. The lowest BCUT2D eigenvalue weighted by atomic mass is 10.2. The fourth-order valence-electron chi connectivity index (χ4n) is 0.775. The molecule has 1 unspecified atom stereocenters. The topological polar surface area (TPSA) is 59.4 Å². The van der Waals surface area contributed by atoms with Crippen LogP contribution in [0.15, 0.2) is 29.2 Å². The molecule has 11 heavy (non-hydrogen) atoms. The average molecular weight is 153 g/mol. The van der Waals surface area contributed by atoms with Crippen LogP contribution in [0.25, 0.3) is 0 Å². The second-order valence-corrected chi connectivity index (χ2v) is 2.22. The van der Waals surface area contributed by atoms with Crippen LogP contribution in [0.1, 0.15) is 17.6 Å². The number of rotatable bonds is 3. The summed E-state index contributed by atoms with van der Waals surface area (Å²) in [6.07, 6.45) is 1.58. The Bertz CT molecular complexity index is 242. The molecule has 0 aromatic carbocycles. The van der Waals surface area contributed by atoms with Gasteiger partial charge in [0.05, 0.1) is 6.04 Å². The highest BCUT2D eigenvalue weighted by molar-refractivity contribution is 5.13. The van der Waals surface area contributed by atoms with Crippen molar-refractivity contribution in [3.8, 4) is 0 Å². The summed E-state index contributed by atoms with van der Waals surface area (Å²) >= 11 is 0. The summed E-state index contributed by atoms with van der Waals surface area (Å²) in [6, 6.07) is 3.15. The summed E-state index contributed by atoms with van der Waals surface area (Å²) in [5, 5.41) is 8.65. The number of aliphatic hydroxyl groups is 1. The van der Waals surface area contributed by atoms with Gasteiger partial charge in [-0.25, -0.2) is 0 Å². The molecule has 3 nitrogen and oxygen atoms in total. The summed E-state index contributed by atoms with van der Waals surface area (Å²) in [4.78, 5) is 0. The van der Waals surface area contributed by atoms with Crippen molar-refractivity contribution in [2.75, 3.05) is 0 Å². The molecule has 0 aliphatic carbocycles. The van der Waals surface area contributed by atoms with Gasteiger partial charge in [0.1, 0.15) is 18.1 Å². The summed E-state index contributed by atoms with van der Waals surface area (Å²) in [6.45, 7) is 3.43. The molecule has 1 aromatic heterocycles. The van der Waals surface area contributed by atoms with Crippen molar-refractivity contribution in [2.24, 2.45) is 5.73 Å². The minimum absolute atomic E-state index is 0.0934. The first-order valence-electron chi connectivity index (χ1n) is 3.35. The summed E-state index contributed by atoms with van der Waals surface area (Å²) in [5.74, 6) is 1.15. The second kappa shape index (κ2) is 3.37. The standard InChI is InChI=1S/C8H11NO2/c1-2-7(9)8-4-3-6(5-10)11-8/h2-4,7,10H,1,5,9H2. The van der Waals surface area contributed by atoms with Crippen LogP contribution in [0.2, 0.25) is 0 Å². The normalized spacial score (nSPS) is 12.9. The van der Waals surface area contributed by atoms with Crippen molar-refractivity contribution in [3.05, 3.63) is 36.3 Å². The van der Waals surface area contributed by atoms with Gasteiger partial charge in [0.25, 0.3) is 0 Å². The molecule has 0 bridgehead atoms. The van der Waals surface area contributed by atoms with E-state index in [1.807, 2.05) is 0 Å². The minimum atomic E-state index is -0.282. The zero-order valence-electron chi connectivity index (χ0n) is 6.16. The van der Waals surface area contributed by atoms with Gasteiger partial charge in [-0.15, -0.1) is 6.58 Å². The lowest BCUT2D eigenvalue weighted by Gasteiger charge is -1.99. The predicted molar refractivity (Wildman–Crippen MR) is 41.8 cm³/mol. The lowest BCUT2D eigenvalue weighted by molar-refractivity contribution is 0.242. The Morgan fingerprint density at radius 2 is 2.45 bits per heavy atom. The maximum absolute atomic E-state index is 8.65. The molecule has 0 fully saturated rings. The molecule has 0 spiro atoms. The van der Waals surface area contributed by atoms with Crippen molar-refractivity contribution in [3.63, 3.8) is 0 Å². The zero-order chi connectivity index (χ0) is 8.27. The van der Waals surface area contributed by atoms with E-state index in [0.717, 1.165) is 0 Å². The van der Waals surface area contributed by atoms with Crippen LogP contribution in [0.3, 0.4) is 0 Å². The predicted octanol–water partition coefficient (Wildman–Crippen LogP) is 0.958. The quantitative estimate of drug-likeness (QED) is 0.636. The molecule has 1 rings (SSSR count). The SMILES string of the molecule is C=CC(N)c1ccc(CO)o1. The molecule has 0 amide bonds. The van der Waals surface area contributed by atoms with Crippen LogP contribution >= 0.6 is 0 Å². The highest BCUT2D eigenvalue weighted by Gasteiger charge is 2.05. The third-order valence-corrected chi connectivity index (χ3v) is 1.42. The summed E-state index contributed by atoms with van der Waals surface area (Å²) in [5.41, 5.74) is 5.57. The molecule has 1 aromatic rings. The number of aliphatic hydroxyl groups excluding tert-OH is 1. The average Bonchev–Trinajstić information content (AvgIpc) is 2.50. The molecule has 1 heterocycles. The molecule has 1 atom stereocenters. The van der Waals surface area contributed by atoms with Crippen molar-refractivity contribution in [2.45, 2.75) is 12.6 Å². The van der Waals surface area contributed by atoms with Gasteiger partial charge in [-0.3, -0.25) is 0 Å². The smallest absolute Gasteiger partial charge is 0.129 e. The van der Waals surface area contributed by atoms with Gasteiger partial charge in [0, 0.05) is 0 Å². The fraction of sp³-hybridized carbons (Fsp3) is 0.250. The van der Waals surface area contributed by atoms with E-state index in [-0.39, 0.29) is 12.6 Å². The van der Waals surface area contributed by atoms with Crippen LogP contribution in [-0.2, 0) is 6.61 Å². The van der Waals surface area contributed by atoms with Crippen LogP contribution in [0.4, 0.5) is 0 Å². The van der Waals surface area contributed by atoms with Crippen LogP contribution in [0.5, 0.6) is 0 Å². The molecule has 0 aliphatic heterocycles. The minimum Gasteiger partial charge on any atom is -0.462 e. The van der Waals surface area contributed by atoms with E-state index in [9.17, 15) is 0 Å². The van der Waals surface area contributed by atoms with Gasteiger partial charge in [-0.05, 0) is 12.1 Å². The first-order valence-corrected chi connectivity index (χ1v) is 3.35. The van der Waals surface area contributed by atoms with Crippen molar-refractivity contribution in [1.82, 2.24) is 0 Å². The Morgan fingerprint density at radius 1 is 1.73 bits per heavy atom. The number of hydrogen-bond donors (Lipinski definition) is 2. The zero-order valence-corrected chi connectivity index (χ0v) is 6.16. The molecular weight excluding hydrogens is 142 g/mol. The Kier molecular flexibility index (Phi) is 2.46. The van der Waals surface area contributed by atoms with E-state index in [2.05, 4.69) is 6.58 Å². The lowest BCUT2D eigenvalue weighted by Crippen LogP contribution is -2.04. The Hall–Kier alpha value is -1.06. The molecule has 0 saturated heterocycles. The van der Waals surface area contributed by atoms with Crippen LogP contribution < -0.4 is 5.73 Å². The number of furan rings is 1. The van der Waals surface area contributed by atoms with E-state index in [1.54, 1.807) is 18.2 Å². The van der Waals surface area contributed by atoms with E-state index < -0.39 is 0 Å². The third kappa shape index (κ3) is 1.69. The fourth-order valence-corrected chi connectivity index (χ4v) is 0.775. The highest BCUT2D eigenvalue weighted by atomic mass is 16.4. The van der Waals surface area contributed by atoms with Gasteiger partial charge >= 0.3 is 0 Å². The van der Waals surface area contributed by atoms with Crippen molar-refractivity contribution < 1.29 is 9.52 Å². The highest BCUT2D eigenvalue weighted by Crippen LogP contribution is 2.14. The van der Waals surface area contributed by atoms with Crippen LogP contribution in [0, 0.1) is 0 Å².